The van der Waals surface area contributed by atoms with Crippen molar-refractivity contribution in [3.8, 4) is 0 Å². The second-order valence-electron chi connectivity index (χ2n) is 2.32. The molecule has 6 nitrogen and oxygen atoms in total. The molecule has 0 saturated heterocycles. The number of rotatable bonds is 2. The first-order valence-electron chi connectivity index (χ1n) is 3.30. The lowest BCUT2D eigenvalue weighted by molar-refractivity contribution is 0.593. The zero-order valence-corrected chi connectivity index (χ0v) is 7.56. The topological polar surface area (TPSA) is 95.8 Å². The molecule has 1 aromatic heterocycles. The Bertz CT molecular complexity index is 444. The summed E-state index contributed by atoms with van der Waals surface area (Å²) in [7, 11) is -3.93. The van der Waals surface area contributed by atoms with Crippen molar-refractivity contribution < 1.29 is 8.42 Å². The van der Waals surface area contributed by atoms with Crippen LogP contribution in [0.25, 0.3) is 10.4 Å². The Hall–Kier alpha value is -1.59. The number of aromatic nitrogens is 1. The van der Waals surface area contributed by atoms with Gasteiger partial charge in [-0.05, 0) is 24.1 Å². The summed E-state index contributed by atoms with van der Waals surface area (Å²) in [5.74, 6) is 0. The number of pyridine rings is 1. The Labute approximate surface area is 74.9 Å². The van der Waals surface area contributed by atoms with Gasteiger partial charge >= 0.3 is 0 Å². The molecule has 0 aliphatic carbocycles. The Morgan fingerprint density at radius 2 is 2.23 bits per heavy atom. The van der Waals surface area contributed by atoms with E-state index in [0.717, 1.165) is 5.56 Å². The Morgan fingerprint density at radius 3 is 2.69 bits per heavy atom. The molecular weight excluding hydrogens is 192 g/mol. The van der Waals surface area contributed by atoms with Gasteiger partial charge in [0, 0.05) is 15.6 Å². The van der Waals surface area contributed by atoms with Crippen LogP contribution in [0.1, 0.15) is 5.56 Å². The molecule has 0 bridgehead atoms. The normalized spacial score (nSPS) is 10.5. The van der Waals surface area contributed by atoms with Gasteiger partial charge in [0.15, 0.2) is 5.03 Å². The van der Waals surface area contributed by atoms with Crippen molar-refractivity contribution in [3.63, 3.8) is 0 Å². The molecule has 0 aromatic carbocycles. The minimum absolute atomic E-state index is 0.240. The van der Waals surface area contributed by atoms with Crippen LogP contribution in [0.5, 0.6) is 0 Å². The van der Waals surface area contributed by atoms with Gasteiger partial charge in [0.25, 0.3) is 10.0 Å². The zero-order chi connectivity index (χ0) is 9.90. The van der Waals surface area contributed by atoms with E-state index in [1.54, 1.807) is 13.0 Å². The van der Waals surface area contributed by atoms with Gasteiger partial charge in [-0.2, -0.15) is 0 Å². The predicted octanol–water partition coefficient (Wildman–Crippen LogP) is 1.39. The monoisotopic (exact) mass is 198 g/mol. The zero-order valence-electron chi connectivity index (χ0n) is 6.75. The van der Waals surface area contributed by atoms with E-state index in [0.29, 0.717) is 0 Å². The third-order valence-electron chi connectivity index (χ3n) is 1.29. The lowest BCUT2D eigenvalue weighted by Gasteiger charge is -1.95. The largest absolute Gasteiger partial charge is 0.281 e. The molecule has 0 atom stereocenters. The molecule has 0 fully saturated rings. The van der Waals surface area contributed by atoms with Crippen LogP contribution in [0.4, 0.5) is 0 Å². The van der Waals surface area contributed by atoms with E-state index in [4.69, 9.17) is 5.53 Å². The van der Waals surface area contributed by atoms with E-state index in [1.807, 2.05) is 0 Å². The van der Waals surface area contributed by atoms with Crippen LogP contribution >= 0.6 is 0 Å². The van der Waals surface area contributed by atoms with Gasteiger partial charge in [-0.15, -0.1) is 0 Å². The molecule has 13 heavy (non-hydrogen) atoms. The molecule has 1 aromatic rings. The van der Waals surface area contributed by atoms with Crippen LogP contribution in [0.3, 0.4) is 0 Å². The van der Waals surface area contributed by atoms with Crippen LogP contribution in [-0.4, -0.2) is 13.4 Å². The van der Waals surface area contributed by atoms with E-state index >= 15 is 0 Å². The average Bonchev–Trinajstić information content (AvgIpc) is 2.05. The van der Waals surface area contributed by atoms with E-state index in [-0.39, 0.29) is 5.03 Å². The van der Waals surface area contributed by atoms with Crippen molar-refractivity contribution in [1.29, 1.82) is 0 Å². The summed E-state index contributed by atoms with van der Waals surface area (Å²) in [6.07, 6.45) is 1.39. The lowest BCUT2D eigenvalue weighted by atomic mass is 10.3. The number of hydrogen-bond donors (Lipinski definition) is 0. The summed E-state index contributed by atoms with van der Waals surface area (Å²) < 4.78 is 24.8. The standard InChI is InChI=1S/C6H6N4O2S/c1-5-2-3-6(8-4-5)13(11,12)10-9-7/h2-4H,1H3. The van der Waals surface area contributed by atoms with Gasteiger partial charge in [-0.3, -0.25) is 0 Å². The molecule has 7 heteroatoms. The van der Waals surface area contributed by atoms with Crippen LogP contribution < -0.4 is 0 Å². The molecule has 0 saturated carbocycles. The molecule has 0 spiro atoms. The quantitative estimate of drug-likeness (QED) is 0.408. The molecule has 0 N–H and O–H groups in total. The fourth-order valence-corrected chi connectivity index (χ4v) is 1.30. The summed E-state index contributed by atoms with van der Waals surface area (Å²) in [6.45, 7) is 1.77. The van der Waals surface area contributed by atoms with Crippen molar-refractivity contribution in [1.82, 2.24) is 4.98 Å². The summed E-state index contributed by atoms with van der Waals surface area (Å²) in [4.78, 5) is 5.82. The molecule has 1 heterocycles. The van der Waals surface area contributed by atoms with Gasteiger partial charge in [0.2, 0.25) is 0 Å². The van der Waals surface area contributed by atoms with Crippen molar-refractivity contribution in [2.45, 2.75) is 11.9 Å². The second-order valence-corrected chi connectivity index (χ2v) is 3.85. The van der Waals surface area contributed by atoms with Gasteiger partial charge in [0.05, 0.1) is 0 Å². The molecule has 1 rings (SSSR count). The van der Waals surface area contributed by atoms with E-state index in [2.05, 4.69) is 14.4 Å². The maximum Gasteiger partial charge on any atom is 0.281 e. The highest BCUT2D eigenvalue weighted by Gasteiger charge is 2.12. The summed E-state index contributed by atoms with van der Waals surface area (Å²) >= 11 is 0. The SMILES string of the molecule is Cc1ccc(S(=O)(=O)N=[N+]=[N-])nc1. The van der Waals surface area contributed by atoms with Gasteiger partial charge in [-0.1, -0.05) is 6.07 Å². The molecule has 0 radical (unpaired) electrons. The van der Waals surface area contributed by atoms with Crippen molar-refractivity contribution in [2.24, 2.45) is 4.52 Å². The molecule has 68 valence electrons. The third kappa shape index (κ3) is 2.17. The van der Waals surface area contributed by atoms with Crippen LogP contribution in [-0.2, 0) is 10.0 Å². The minimum Gasteiger partial charge on any atom is -0.244 e. The summed E-state index contributed by atoms with van der Waals surface area (Å²) in [5, 5.41) is -0.240. The Kier molecular flexibility index (Phi) is 2.50. The maximum absolute atomic E-state index is 11.1. The summed E-state index contributed by atoms with van der Waals surface area (Å²) in [6, 6.07) is 2.87. The Balaban J connectivity index is 3.24. The molecule has 0 aliphatic heterocycles. The number of hydrogen-bond acceptors (Lipinski definition) is 3. The maximum atomic E-state index is 11.1. The highest BCUT2D eigenvalue weighted by atomic mass is 32.2. The van der Waals surface area contributed by atoms with Gasteiger partial charge < -0.3 is 0 Å². The predicted molar refractivity (Wildman–Crippen MR) is 45.3 cm³/mol. The minimum atomic E-state index is -3.93. The van der Waals surface area contributed by atoms with Gasteiger partial charge in [0.1, 0.15) is 0 Å². The second kappa shape index (κ2) is 3.42. The third-order valence-corrected chi connectivity index (χ3v) is 2.35. The van der Waals surface area contributed by atoms with Crippen LogP contribution in [0.15, 0.2) is 27.9 Å². The fraction of sp³-hybridized carbons (Fsp3) is 0.167. The average molecular weight is 198 g/mol. The molecule has 0 aliphatic rings. The fourth-order valence-electron chi connectivity index (χ4n) is 0.697. The Morgan fingerprint density at radius 1 is 1.54 bits per heavy atom. The number of sulfonamides is 1. The summed E-state index contributed by atoms with van der Waals surface area (Å²) in [5.41, 5.74) is 8.80. The number of azide groups is 1. The first-order valence-corrected chi connectivity index (χ1v) is 4.74. The van der Waals surface area contributed by atoms with Gasteiger partial charge in [-0.25, -0.2) is 13.4 Å². The van der Waals surface area contributed by atoms with Crippen LogP contribution in [0.2, 0.25) is 0 Å². The number of nitrogens with zero attached hydrogens (tertiary/aromatic N) is 4. The molecule has 0 unspecified atom stereocenters. The van der Waals surface area contributed by atoms with Crippen molar-refractivity contribution >= 4 is 10.0 Å². The number of aryl methyl sites for hydroxylation is 1. The first-order chi connectivity index (χ1) is 6.06. The molecule has 0 amide bonds. The van der Waals surface area contributed by atoms with E-state index < -0.39 is 10.0 Å². The van der Waals surface area contributed by atoms with E-state index in [9.17, 15) is 8.42 Å². The first kappa shape index (κ1) is 9.50. The van der Waals surface area contributed by atoms with Crippen molar-refractivity contribution in [2.75, 3.05) is 0 Å². The smallest absolute Gasteiger partial charge is 0.244 e. The molecular formula is C6H6N4O2S. The van der Waals surface area contributed by atoms with E-state index in [1.165, 1.54) is 12.3 Å². The van der Waals surface area contributed by atoms with Crippen molar-refractivity contribution in [3.05, 3.63) is 34.3 Å². The lowest BCUT2D eigenvalue weighted by Crippen LogP contribution is -1.98. The van der Waals surface area contributed by atoms with Crippen LogP contribution in [0, 0.1) is 6.92 Å². The highest BCUT2D eigenvalue weighted by molar-refractivity contribution is 7.89. The highest BCUT2D eigenvalue weighted by Crippen LogP contribution is 2.08.